The maximum atomic E-state index is 12.4. The number of hydrogen-bond donors (Lipinski definition) is 1. The fourth-order valence-corrected chi connectivity index (χ4v) is 3.41. The van der Waals surface area contributed by atoms with Gasteiger partial charge in [-0.1, -0.05) is 43.7 Å². The predicted octanol–water partition coefficient (Wildman–Crippen LogP) is 3.60. The van der Waals surface area contributed by atoms with Crippen molar-refractivity contribution >= 4 is 17.8 Å². The van der Waals surface area contributed by atoms with Crippen molar-refractivity contribution in [3.8, 4) is 0 Å². The van der Waals surface area contributed by atoms with Gasteiger partial charge in [0.05, 0.1) is 11.1 Å². The minimum atomic E-state index is -0.596. The van der Waals surface area contributed by atoms with Crippen molar-refractivity contribution in [2.75, 3.05) is 6.61 Å². The number of carbonyl (C=O) groups is 3. The zero-order chi connectivity index (χ0) is 20.8. The smallest absolute Gasteiger partial charge is 0.339 e. The predicted molar refractivity (Wildman–Crippen MR) is 108 cm³/mol. The lowest BCUT2D eigenvalue weighted by Crippen LogP contribution is -2.35. The van der Waals surface area contributed by atoms with E-state index in [1.165, 1.54) is 6.07 Å². The topological polar surface area (TPSA) is 81.7 Å². The van der Waals surface area contributed by atoms with Gasteiger partial charge >= 0.3 is 11.9 Å². The van der Waals surface area contributed by atoms with Crippen LogP contribution in [0.1, 0.15) is 64.6 Å². The minimum Gasteiger partial charge on any atom is -0.454 e. The number of hydrogen-bond acceptors (Lipinski definition) is 5. The summed E-state index contributed by atoms with van der Waals surface area (Å²) in [6.07, 6.45) is 1.90. The van der Waals surface area contributed by atoms with Crippen molar-refractivity contribution in [2.45, 2.75) is 45.3 Å². The Morgan fingerprint density at radius 2 is 1.97 bits per heavy atom. The third kappa shape index (κ3) is 5.22. The van der Waals surface area contributed by atoms with Crippen LogP contribution in [-0.4, -0.2) is 30.5 Å². The molecule has 0 radical (unpaired) electrons. The molecular formula is C23H25NO5. The Balaban J connectivity index is 1.66. The van der Waals surface area contributed by atoms with E-state index in [1.807, 2.05) is 44.2 Å². The highest BCUT2D eigenvalue weighted by atomic mass is 16.5. The molecule has 2 aromatic rings. The van der Waals surface area contributed by atoms with Crippen LogP contribution in [0.5, 0.6) is 0 Å². The lowest BCUT2D eigenvalue weighted by atomic mass is 9.93. The summed E-state index contributed by atoms with van der Waals surface area (Å²) >= 11 is 0. The Morgan fingerprint density at radius 3 is 2.69 bits per heavy atom. The SMILES string of the molecule is CCC[C@@H](C)NC(=O)COC(=O)c1ccc2c(c1)C[C@H](c1ccccc1)OC2=O. The second-order valence-corrected chi connectivity index (χ2v) is 7.21. The van der Waals surface area contributed by atoms with Crippen LogP contribution in [0, 0.1) is 0 Å². The first-order valence-corrected chi connectivity index (χ1v) is 9.83. The zero-order valence-electron chi connectivity index (χ0n) is 16.6. The molecule has 0 saturated heterocycles. The molecule has 1 heterocycles. The average molecular weight is 395 g/mol. The molecule has 0 aromatic heterocycles. The van der Waals surface area contributed by atoms with Gasteiger partial charge in [-0.15, -0.1) is 0 Å². The summed E-state index contributed by atoms with van der Waals surface area (Å²) in [6.45, 7) is 3.62. The Hall–Kier alpha value is -3.15. The fourth-order valence-electron chi connectivity index (χ4n) is 3.41. The monoisotopic (exact) mass is 395 g/mol. The van der Waals surface area contributed by atoms with E-state index in [9.17, 15) is 14.4 Å². The van der Waals surface area contributed by atoms with E-state index in [2.05, 4.69) is 5.32 Å². The molecule has 2 atom stereocenters. The summed E-state index contributed by atoms with van der Waals surface area (Å²) in [4.78, 5) is 36.6. The van der Waals surface area contributed by atoms with E-state index in [1.54, 1.807) is 12.1 Å². The number of esters is 2. The Kier molecular flexibility index (Phi) is 6.65. The number of fused-ring (bicyclic) bond motifs is 1. The molecule has 3 rings (SSSR count). The molecule has 1 aliphatic heterocycles. The molecule has 6 heteroatoms. The van der Waals surface area contributed by atoms with E-state index in [0.29, 0.717) is 17.5 Å². The number of ether oxygens (including phenoxy) is 2. The van der Waals surface area contributed by atoms with Gasteiger partial charge in [-0.05, 0) is 42.7 Å². The molecule has 0 spiro atoms. The second kappa shape index (κ2) is 9.37. The molecule has 152 valence electrons. The molecule has 1 N–H and O–H groups in total. The molecule has 29 heavy (non-hydrogen) atoms. The maximum absolute atomic E-state index is 12.4. The lowest BCUT2D eigenvalue weighted by Gasteiger charge is -2.25. The van der Waals surface area contributed by atoms with E-state index in [4.69, 9.17) is 9.47 Å². The average Bonchev–Trinajstić information content (AvgIpc) is 2.72. The van der Waals surface area contributed by atoms with E-state index in [-0.39, 0.29) is 18.6 Å². The minimum absolute atomic E-state index is 0.0379. The van der Waals surface area contributed by atoms with Gasteiger partial charge in [0.25, 0.3) is 5.91 Å². The van der Waals surface area contributed by atoms with E-state index >= 15 is 0 Å². The van der Waals surface area contributed by atoms with Crippen LogP contribution in [0.4, 0.5) is 0 Å². The number of benzene rings is 2. The van der Waals surface area contributed by atoms with Gasteiger partial charge in [0.1, 0.15) is 6.10 Å². The summed E-state index contributed by atoms with van der Waals surface area (Å²) in [5.41, 5.74) is 2.38. The zero-order valence-corrected chi connectivity index (χ0v) is 16.6. The van der Waals surface area contributed by atoms with E-state index < -0.39 is 18.0 Å². The fraction of sp³-hybridized carbons (Fsp3) is 0.348. The van der Waals surface area contributed by atoms with Crippen molar-refractivity contribution < 1.29 is 23.9 Å². The van der Waals surface area contributed by atoms with Crippen molar-refractivity contribution in [1.29, 1.82) is 0 Å². The highest BCUT2D eigenvalue weighted by Gasteiger charge is 2.28. The normalized spacial score (nSPS) is 16.3. The first-order chi connectivity index (χ1) is 14.0. The van der Waals surface area contributed by atoms with E-state index in [0.717, 1.165) is 24.0 Å². The number of nitrogens with one attached hydrogen (secondary N) is 1. The molecule has 1 aliphatic rings. The molecule has 0 aliphatic carbocycles. The highest BCUT2D eigenvalue weighted by molar-refractivity contribution is 5.96. The third-order valence-corrected chi connectivity index (χ3v) is 4.85. The lowest BCUT2D eigenvalue weighted by molar-refractivity contribution is -0.124. The number of rotatable bonds is 7. The first-order valence-electron chi connectivity index (χ1n) is 9.83. The standard InChI is InChI=1S/C23H25NO5/c1-3-7-15(2)24-21(25)14-28-22(26)17-10-11-19-18(12-17)13-20(29-23(19)27)16-8-5-4-6-9-16/h4-6,8-12,15,20H,3,7,13-14H2,1-2H3,(H,24,25)/t15-,20-/m1/s1. The van der Waals surface area contributed by atoms with Gasteiger partial charge in [0.2, 0.25) is 0 Å². The maximum Gasteiger partial charge on any atom is 0.339 e. The van der Waals surface area contributed by atoms with Crippen LogP contribution in [-0.2, 0) is 20.7 Å². The van der Waals surface area contributed by atoms with Gasteiger partial charge < -0.3 is 14.8 Å². The van der Waals surface area contributed by atoms with Crippen molar-refractivity contribution in [3.63, 3.8) is 0 Å². The molecule has 0 unspecified atom stereocenters. The Morgan fingerprint density at radius 1 is 1.21 bits per heavy atom. The quantitative estimate of drug-likeness (QED) is 0.725. The number of carbonyl (C=O) groups excluding carboxylic acids is 3. The van der Waals surface area contributed by atoms with Crippen molar-refractivity contribution in [3.05, 3.63) is 70.8 Å². The third-order valence-electron chi connectivity index (χ3n) is 4.85. The van der Waals surface area contributed by atoms with Gasteiger partial charge in [0.15, 0.2) is 6.61 Å². The van der Waals surface area contributed by atoms with Gasteiger partial charge in [-0.3, -0.25) is 4.79 Å². The Bertz CT molecular complexity index is 893. The van der Waals surface area contributed by atoms with Crippen LogP contribution in [0.3, 0.4) is 0 Å². The summed E-state index contributed by atoms with van der Waals surface area (Å²) in [5, 5.41) is 2.79. The summed E-state index contributed by atoms with van der Waals surface area (Å²) in [5.74, 6) is -1.34. The molecule has 0 fully saturated rings. The van der Waals surface area contributed by atoms with Crippen molar-refractivity contribution in [2.24, 2.45) is 0 Å². The summed E-state index contributed by atoms with van der Waals surface area (Å²) < 4.78 is 10.7. The number of cyclic esters (lactones) is 1. The van der Waals surface area contributed by atoms with Crippen LogP contribution in [0.25, 0.3) is 0 Å². The molecule has 0 saturated carbocycles. The van der Waals surface area contributed by atoms with Gasteiger partial charge in [0, 0.05) is 12.5 Å². The Labute approximate surface area is 170 Å². The summed E-state index contributed by atoms with van der Waals surface area (Å²) in [6, 6.07) is 14.2. The van der Waals surface area contributed by atoms with Crippen LogP contribution >= 0.6 is 0 Å². The number of amides is 1. The van der Waals surface area contributed by atoms with Crippen LogP contribution < -0.4 is 5.32 Å². The van der Waals surface area contributed by atoms with Gasteiger partial charge in [-0.25, -0.2) is 9.59 Å². The molecular weight excluding hydrogens is 370 g/mol. The molecule has 2 aromatic carbocycles. The molecule has 6 nitrogen and oxygen atoms in total. The van der Waals surface area contributed by atoms with Crippen LogP contribution in [0.15, 0.2) is 48.5 Å². The summed E-state index contributed by atoms with van der Waals surface area (Å²) in [7, 11) is 0. The molecule has 1 amide bonds. The molecule has 0 bridgehead atoms. The second-order valence-electron chi connectivity index (χ2n) is 7.21. The van der Waals surface area contributed by atoms with Gasteiger partial charge in [-0.2, -0.15) is 0 Å². The first kappa shape index (κ1) is 20.6. The highest BCUT2D eigenvalue weighted by Crippen LogP contribution is 2.31. The largest absolute Gasteiger partial charge is 0.454 e. The van der Waals surface area contributed by atoms with Crippen molar-refractivity contribution in [1.82, 2.24) is 5.32 Å². The van der Waals surface area contributed by atoms with Crippen LogP contribution in [0.2, 0.25) is 0 Å².